The summed E-state index contributed by atoms with van der Waals surface area (Å²) in [5.41, 5.74) is 10.1. The fourth-order valence-corrected chi connectivity index (χ4v) is 4.53. The minimum atomic E-state index is -0.802. The van der Waals surface area contributed by atoms with Gasteiger partial charge in [-0.1, -0.05) is 17.7 Å². The van der Waals surface area contributed by atoms with Gasteiger partial charge in [-0.25, -0.2) is 9.37 Å². The number of anilines is 3. The number of nitrogens with one attached hydrogen (secondary N) is 1. The number of benzene rings is 2. The fraction of sp³-hybridized carbons (Fsp3) is 0.192. The molecule has 1 unspecified atom stereocenters. The van der Waals surface area contributed by atoms with Gasteiger partial charge in [0, 0.05) is 42.7 Å². The van der Waals surface area contributed by atoms with Crippen LogP contribution in [0.1, 0.15) is 12.0 Å². The van der Waals surface area contributed by atoms with Crippen molar-refractivity contribution in [3.05, 3.63) is 71.3 Å². The Morgan fingerprint density at radius 2 is 2.03 bits per heavy atom. The maximum absolute atomic E-state index is 14.1. The average molecular weight is 492 g/mol. The van der Waals surface area contributed by atoms with Crippen molar-refractivity contribution >= 4 is 46.0 Å². The highest BCUT2D eigenvalue weighted by molar-refractivity contribution is 6.32. The van der Waals surface area contributed by atoms with Gasteiger partial charge >= 0.3 is 0 Å². The highest BCUT2D eigenvalue weighted by Gasteiger charge is 2.20. The third-order valence-corrected chi connectivity index (χ3v) is 6.45. The second-order valence-corrected chi connectivity index (χ2v) is 8.98. The molecule has 1 atom stereocenters. The molecule has 3 heterocycles. The first-order chi connectivity index (χ1) is 16.9. The number of aldehydes is 1. The van der Waals surface area contributed by atoms with Gasteiger partial charge in [0.1, 0.15) is 12.1 Å². The molecule has 7 nitrogen and oxygen atoms in total. The third kappa shape index (κ3) is 4.62. The Labute approximate surface area is 206 Å². The zero-order valence-electron chi connectivity index (χ0n) is 18.7. The molecule has 2 aromatic heterocycles. The molecule has 9 heteroatoms. The van der Waals surface area contributed by atoms with Gasteiger partial charge in [-0.3, -0.25) is 4.98 Å². The lowest BCUT2D eigenvalue weighted by Crippen LogP contribution is -2.26. The minimum absolute atomic E-state index is 0.0728. The van der Waals surface area contributed by atoms with E-state index in [4.69, 9.17) is 17.3 Å². The number of pyridine rings is 2. The van der Waals surface area contributed by atoms with Crippen molar-refractivity contribution in [2.24, 2.45) is 5.73 Å². The van der Waals surface area contributed by atoms with E-state index in [1.54, 1.807) is 18.5 Å². The van der Waals surface area contributed by atoms with Crippen LogP contribution in [0.2, 0.25) is 5.02 Å². The Morgan fingerprint density at radius 1 is 1.17 bits per heavy atom. The molecule has 4 aromatic rings. The zero-order chi connectivity index (χ0) is 24.5. The number of hydrogen-bond acceptors (Lipinski definition) is 7. The number of carbonyl (C=O) groups is 1. The summed E-state index contributed by atoms with van der Waals surface area (Å²) in [6, 6.07) is 12.2. The number of aromatic hydroxyl groups is 1. The van der Waals surface area contributed by atoms with Gasteiger partial charge in [0.15, 0.2) is 11.6 Å². The summed E-state index contributed by atoms with van der Waals surface area (Å²) in [5, 5.41) is 13.8. The van der Waals surface area contributed by atoms with Crippen LogP contribution in [0, 0.1) is 5.82 Å². The number of rotatable bonds is 6. The zero-order valence-corrected chi connectivity index (χ0v) is 19.5. The molecule has 35 heavy (non-hydrogen) atoms. The van der Waals surface area contributed by atoms with Crippen LogP contribution >= 0.6 is 11.6 Å². The van der Waals surface area contributed by atoms with Gasteiger partial charge in [0.05, 0.1) is 28.1 Å². The number of hydrogen-bond donors (Lipinski definition) is 3. The average Bonchev–Trinajstić information content (AvgIpc) is 3.30. The number of nitrogens with two attached hydrogens (primary N) is 1. The van der Waals surface area contributed by atoms with Crippen LogP contribution in [0.5, 0.6) is 5.75 Å². The number of nitrogens with zero attached hydrogens (tertiary/aromatic N) is 3. The third-order valence-electron chi connectivity index (χ3n) is 6.17. The van der Waals surface area contributed by atoms with Gasteiger partial charge in [0.25, 0.3) is 0 Å². The van der Waals surface area contributed by atoms with Gasteiger partial charge in [-0.05, 0) is 53.9 Å². The smallest absolute Gasteiger partial charge is 0.170 e. The molecule has 4 N–H and O–H groups in total. The lowest BCUT2D eigenvalue weighted by molar-refractivity contribution is -0.107. The van der Waals surface area contributed by atoms with Crippen molar-refractivity contribution in [1.82, 2.24) is 9.97 Å². The molecule has 0 bridgehead atoms. The van der Waals surface area contributed by atoms with E-state index in [2.05, 4.69) is 20.2 Å². The van der Waals surface area contributed by atoms with Crippen molar-refractivity contribution in [3.63, 3.8) is 0 Å². The molecule has 178 valence electrons. The number of fused-ring (bicyclic) bond motifs is 1. The summed E-state index contributed by atoms with van der Waals surface area (Å²) in [6.07, 6.45) is 5.36. The first-order valence-electron chi connectivity index (χ1n) is 11.2. The van der Waals surface area contributed by atoms with Crippen LogP contribution in [0.15, 0.2) is 54.9 Å². The molecule has 2 aromatic carbocycles. The minimum Gasteiger partial charge on any atom is -0.504 e. The predicted octanol–water partition coefficient (Wildman–Crippen LogP) is 4.82. The van der Waals surface area contributed by atoms with Gasteiger partial charge in [-0.2, -0.15) is 0 Å². The number of carbonyl (C=O) groups excluding carboxylic acids is 1. The van der Waals surface area contributed by atoms with E-state index in [0.29, 0.717) is 27.9 Å². The van der Waals surface area contributed by atoms with Crippen LogP contribution < -0.4 is 16.0 Å². The van der Waals surface area contributed by atoms with E-state index in [0.717, 1.165) is 42.7 Å². The second-order valence-electron chi connectivity index (χ2n) is 8.57. The van der Waals surface area contributed by atoms with E-state index in [9.17, 15) is 14.3 Å². The Hall–Kier alpha value is -3.75. The maximum atomic E-state index is 14.1. The molecule has 0 saturated carbocycles. The molecule has 1 aliphatic rings. The number of aromatic nitrogens is 2. The number of phenols is 1. The maximum Gasteiger partial charge on any atom is 0.170 e. The standard InChI is InChI=1S/C26H23ClFN5O2/c27-21-10-17(11-22(28)26(21)35)15-1-3-23-20(9-15)25(16(6-8-34)12-30-23)32-19-2-4-24(31-13-19)33-7-5-18(29)14-33/h1-4,8-13,18,35H,5-7,14,29H2,(H,30,32). The topological polar surface area (TPSA) is 104 Å². The summed E-state index contributed by atoms with van der Waals surface area (Å²) in [7, 11) is 0. The Bertz CT molecular complexity index is 1390. The first-order valence-corrected chi connectivity index (χ1v) is 11.6. The number of phenolic OH excluding ortho intramolecular Hbond substituents is 1. The normalized spacial score (nSPS) is 15.5. The highest BCUT2D eigenvalue weighted by atomic mass is 35.5. The Balaban J connectivity index is 1.54. The molecule has 1 fully saturated rings. The summed E-state index contributed by atoms with van der Waals surface area (Å²) in [6.45, 7) is 1.66. The van der Waals surface area contributed by atoms with Crippen molar-refractivity contribution < 1.29 is 14.3 Å². The molecular formula is C26H23ClFN5O2. The number of halogens is 2. The lowest BCUT2D eigenvalue weighted by Gasteiger charge is -2.18. The van der Waals surface area contributed by atoms with Crippen molar-refractivity contribution in [2.45, 2.75) is 18.9 Å². The van der Waals surface area contributed by atoms with Crippen LogP contribution in [0.4, 0.5) is 21.6 Å². The van der Waals surface area contributed by atoms with E-state index in [-0.39, 0.29) is 17.5 Å². The molecule has 0 radical (unpaired) electrons. The summed E-state index contributed by atoms with van der Waals surface area (Å²) < 4.78 is 14.1. The molecular weight excluding hydrogens is 469 g/mol. The van der Waals surface area contributed by atoms with Gasteiger partial charge in [-0.15, -0.1) is 0 Å². The fourth-order valence-electron chi connectivity index (χ4n) is 4.32. The molecule has 0 amide bonds. The lowest BCUT2D eigenvalue weighted by atomic mass is 10.00. The van der Waals surface area contributed by atoms with Crippen LogP contribution in [0.3, 0.4) is 0 Å². The van der Waals surface area contributed by atoms with Gasteiger partial charge < -0.3 is 25.9 Å². The predicted molar refractivity (Wildman–Crippen MR) is 136 cm³/mol. The van der Waals surface area contributed by atoms with E-state index in [1.807, 2.05) is 24.3 Å². The van der Waals surface area contributed by atoms with E-state index < -0.39 is 11.6 Å². The second kappa shape index (κ2) is 9.48. The van der Waals surface area contributed by atoms with E-state index >= 15 is 0 Å². The van der Waals surface area contributed by atoms with Crippen molar-refractivity contribution in [2.75, 3.05) is 23.3 Å². The highest BCUT2D eigenvalue weighted by Crippen LogP contribution is 2.36. The molecule has 1 aliphatic heterocycles. The monoisotopic (exact) mass is 491 g/mol. The van der Waals surface area contributed by atoms with Crippen LogP contribution in [-0.2, 0) is 11.2 Å². The van der Waals surface area contributed by atoms with Crippen LogP contribution in [-0.4, -0.2) is 40.5 Å². The van der Waals surface area contributed by atoms with Gasteiger partial charge in [0.2, 0.25) is 0 Å². The summed E-state index contributed by atoms with van der Waals surface area (Å²) >= 11 is 5.99. The van der Waals surface area contributed by atoms with Crippen LogP contribution in [0.25, 0.3) is 22.0 Å². The van der Waals surface area contributed by atoms with Crippen molar-refractivity contribution in [1.29, 1.82) is 0 Å². The molecule has 0 spiro atoms. The molecule has 5 rings (SSSR count). The Kier molecular flexibility index (Phi) is 6.23. The Morgan fingerprint density at radius 3 is 2.71 bits per heavy atom. The molecule has 0 aliphatic carbocycles. The SMILES string of the molecule is NC1CCN(c2ccc(Nc3c(CC=O)cnc4ccc(-c5cc(F)c(O)c(Cl)c5)cc34)cn2)C1. The quantitative estimate of drug-likeness (QED) is 0.332. The first kappa shape index (κ1) is 23.0. The largest absolute Gasteiger partial charge is 0.504 e. The van der Waals surface area contributed by atoms with E-state index in [1.165, 1.54) is 12.1 Å². The summed E-state index contributed by atoms with van der Waals surface area (Å²) in [5.74, 6) is -0.519. The molecule has 1 saturated heterocycles. The van der Waals surface area contributed by atoms with Crippen molar-refractivity contribution in [3.8, 4) is 16.9 Å². The summed E-state index contributed by atoms with van der Waals surface area (Å²) in [4.78, 5) is 22.6.